The lowest BCUT2D eigenvalue weighted by molar-refractivity contribution is -0.136. The van der Waals surface area contributed by atoms with Crippen LogP contribution < -0.4 is 15.5 Å². The number of carbonyl (C=O) groups excluding carboxylic acids is 3. The minimum atomic E-state index is -0.952. The number of para-hydroxylation sites is 1. The molecule has 8 heteroatoms. The van der Waals surface area contributed by atoms with Crippen LogP contribution >= 0.6 is 0 Å². The van der Waals surface area contributed by atoms with Crippen molar-refractivity contribution < 1.29 is 19.5 Å². The van der Waals surface area contributed by atoms with Gasteiger partial charge >= 0.3 is 11.8 Å². The van der Waals surface area contributed by atoms with Gasteiger partial charge in [-0.2, -0.15) is 0 Å². The first kappa shape index (κ1) is 20.6. The predicted octanol–water partition coefficient (Wildman–Crippen LogP) is 2.09. The van der Waals surface area contributed by atoms with Crippen molar-refractivity contribution in [2.24, 2.45) is 7.05 Å². The highest BCUT2D eigenvalue weighted by Crippen LogP contribution is 2.26. The van der Waals surface area contributed by atoms with Gasteiger partial charge in [0, 0.05) is 60.6 Å². The molecule has 1 saturated heterocycles. The molecule has 8 nitrogen and oxygen atoms in total. The zero-order valence-corrected chi connectivity index (χ0v) is 17.2. The monoisotopic (exact) mass is 420 g/mol. The van der Waals surface area contributed by atoms with Crippen LogP contribution in [0.25, 0.3) is 10.9 Å². The van der Waals surface area contributed by atoms with Crippen LogP contribution in [0.15, 0.2) is 54.7 Å². The normalized spacial score (nSPS) is 14.6. The highest BCUT2D eigenvalue weighted by molar-refractivity contribution is 6.39. The van der Waals surface area contributed by atoms with E-state index in [1.165, 1.54) is 0 Å². The van der Waals surface area contributed by atoms with Crippen LogP contribution in [0.1, 0.15) is 24.5 Å². The summed E-state index contributed by atoms with van der Waals surface area (Å²) < 4.78 is 1.90. The Labute approximate surface area is 179 Å². The number of amides is 3. The van der Waals surface area contributed by atoms with E-state index in [0.717, 1.165) is 17.3 Å². The van der Waals surface area contributed by atoms with Crippen LogP contribution in [0, 0.1) is 0 Å². The maximum Gasteiger partial charge on any atom is 0.313 e. The Morgan fingerprint density at radius 2 is 1.94 bits per heavy atom. The second-order valence-electron chi connectivity index (χ2n) is 7.59. The van der Waals surface area contributed by atoms with E-state index in [1.54, 1.807) is 29.2 Å². The van der Waals surface area contributed by atoms with Crippen molar-refractivity contribution in [2.75, 3.05) is 23.3 Å². The zero-order chi connectivity index (χ0) is 22.0. The highest BCUT2D eigenvalue weighted by Gasteiger charge is 2.22. The first-order chi connectivity index (χ1) is 14.9. The molecule has 1 aliphatic heterocycles. The first-order valence-electron chi connectivity index (χ1n) is 10.2. The van der Waals surface area contributed by atoms with Gasteiger partial charge < -0.3 is 25.2 Å². The van der Waals surface area contributed by atoms with E-state index in [0.29, 0.717) is 29.9 Å². The Bertz CT molecular complexity index is 1150. The van der Waals surface area contributed by atoms with Gasteiger partial charge in [0.05, 0.1) is 6.10 Å². The number of aliphatic hydroxyl groups excluding tert-OH is 1. The molecule has 4 rings (SSSR count). The van der Waals surface area contributed by atoms with Gasteiger partial charge in [0.15, 0.2) is 0 Å². The maximum atomic E-state index is 12.3. The van der Waals surface area contributed by atoms with Gasteiger partial charge in [-0.3, -0.25) is 14.4 Å². The Kier molecular flexibility index (Phi) is 5.73. The summed E-state index contributed by atoms with van der Waals surface area (Å²) in [6, 6.07) is 14.5. The number of anilines is 2. The number of nitrogens with zero attached hydrogens (tertiary/aromatic N) is 2. The number of fused-ring (bicyclic) bond motifs is 1. The summed E-state index contributed by atoms with van der Waals surface area (Å²) in [4.78, 5) is 38.1. The fourth-order valence-electron chi connectivity index (χ4n) is 3.88. The lowest BCUT2D eigenvalue weighted by atomic mass is 10.1. The van der Waals surface area contributed by atoms with E-state index >= 15 is 0 Å². The molecule has 2 aromatic carbocycles. The molecular formula is C23H24N4O4. The SMILES string of the molecule is Cn1cc([C@H](O)CNC(=O)C(=O)Nc2cccc(N3CCCC3=O)c2)c2ccccc21. The van der Waals surface area contributed by atoms with Crippen molar-refractivity contribution >= 4 is 40.0 Å². The molecule has 1 aromatic heterocycles. The quantitative estimate of drug-likeness (QED) is 0.550. The van der Waals surface area contributed by atoms with Gasteiger partial charge in [0.2, 0.25) is 5.91 Å². The summed E-state index contributed by atoms with van der Waals surface area (Å²) in [7, 11) is 1.88. The van der Waals surface area contributed by atoms with Crippen LogP contribution in [0.5, 0.6) is 0 Å². The molecule has 31 heavy (non-hydrogen) atoms. The molecule has 1 fully saturated rings. The molecule has 0 spiro atoms. The molecule has 3 aromatic rings. The van der Waals surface area contributed by atoms with Crippen LogP contribution in [-0.4, -0.2) is 40.5 Å². The van der Waals surface area contributed by atoms with Crippen molar-refractivity contribution in [2.45, 2.75) is 18.9 Å². The lowest BCUT2D eigenvalue weighted by Gasteiger charge is -2.17. The number of aliphatic hydroxyl groups is 1. The number of rotatable bonds is 5. The largest absolute Gasteiger partial charge is 0.386 e. The fraction of sp³-hybridized carbons (Fsp3) is 0.261. The molecule has 0 bridgehead atoms. The Morgan fingerprint density at radius 1 is 1.13 bits per heavy atom. The van der Waals surface area contributed by atoms with E-state index < -0.39 is 17.9 Å². The second-order valence-corrected chi connectivity index (χ2v) is 7.59. The van der Waals surface area contributed by atoms with Gasteiger partial charge in [0.25, 0.3) is 0 Å². The number of carbonyl (C=O) groups is 3. The van der Waals surface area contributed by atoms with Crippen molar-refractivity contribution in [3.05, 3.63) is 60.3 Å². The molecular weight excluding hydrogens is 396 g/mol. The van der Waals surface area contributed by atoms with Crippen LogP contribution in [-0.2, 0) is 21.4 Å². The Morgan fingerprint density at radius 3 is 2.71 bits per heavy atom. The minimum absolute atomic E-state index is 0.0450. The molecule has 0 saturated carbocycles. The summed E-state index contributed by atoms with van der Waals surface area (Å²) in [5.74, 6) is -1.64. The third-order valence-electron chi connectivity index (χ3n) is 5.44. The van der Waals surface area contributed by atoms with E-state index in [4.69, 9.17) is 0 Å². The molecule has 3 N–H and O–H groups in total. The molecule has 3 amide bonds. The molecule has 1 atom stereocenters. The minimum Gasteiger partial charge on any atom is -0.386 e. The third-order valence-corrected chi connectivity index (χ3v) is 5.44. The number of benzene rings is 2. The smallest absolute Gasteiger partial charge is 0.313 e. The van der Waals surface area contributed by atoms with Crippen molar-refractivity contribution in [1.82, 2.24) is 9.88 Å². The lowest BCUT2D eigenvalue weighted by Crippen LogP contribution is -2.37. The summed E-state index contributed by atoms with van der Waals surface area (Å²) in [5, 5.41) is 16.5. The van der Waals surface area contributed by atoms with E-state index in [-0.39, 0.29) is 12.5 Å². The Balaban J connectivity index is 1.37. The first-order valence-corrected chi connectivity index (χ1v) is 10.2. The van der Waals surface area contributed by atoms with Crippen molar-refractivity contribution in [3.8, 4) is 0 Å². The molecule has 0 unspecified atom stereocenters. The van der Waals surface area contributed by atoms with E-state index in [9.17, 15) is 19.5 Å². The third kappa shape index (κ3) is 4.29. The number of nitrogens with one attached hydrogen (secondary N) is 2. The van der Waals surface area contributed by atoms with Crippen molar-refractivity contribution in [1.29, 1.82) is 0 Å². The highest BCUT2D eigenvalue weighted by atomic mass is 16.3. The number of hydrogen-bond acceptors (Lipinski definition) is 4. The van der Waals surface area contributed by atoms with Gasteiger partial charge in [-0.25, -0.2) is 0 Å². The molecule has 1 aliphatic rings. The summed E-state index contributed by atoms with van der Waals surface area (Å²) in [6.07, 6.45) is 2.18. The summed E-state index contributed by atoms with van der Waals surface area (Å²) in [6.45, 7) is 0.547. The summed E-state index contributed by atoms with van der Waals surface area (Å²) >= 11 is 0. The second kappa shape index (κ2) is 8.61. The topological polar surface area (TPSA) is 104 Å². The van der Waals surface area contributed by atoms with Gasteiger partial charge in [-0.05, 0) is 30.7 Å². The number of hydrogen-bond donors (Lipinski definition) is 3. The number of aryl methyl sites for hydroxylation is 1. The van der Waals surface area contributed by atoms with Gasteiger partial charge in [0.1, 0.15) is 0 Å². The molecule has 0 radical (unpaired) electrons. The van der Waals surface area contributed by atoms with Crippen LogP contribution in [0.3, 0.4) is 0 Å². The maximum absolute atomic E-state index is 12.3. The fourth-order valence-corrected chi connectivity index (χ4v) is 3.88. The number of aromatic nitrogens is 1. The average Bonchev–Trinajstić information content (AvgIpc) is 3.35. The van der Waals surface area contributed by atoms with E-state index in [2.05, 4.69) is 10.6 Å². The van der Waals surface area contributed by atoms with Gasteiger partial charge in [-0.15, -0.1) is 0 Å². The molecule has 160 valence electrons. The predicted molar refractivity (Wildman–Crippen MR) is 118 cm³/mol. The summed E-state index contributed by atoms with van der Waals surface area (Å²) in [5.41, 5.74) is 2.76. The van der Waals surface area contributed by atoms with E-state index in [1.807, 2.05) is 42.1 Å². The van der Waals surface area contributed by atoms with Crippen molar-refractivity contribution in [3.63, 3.8) is 0 Å². The standard InChI is InChI=1S/C23H24N4O4/c1-26-14-18(17-8-2-3-9-19(17)26)20(28)13-24-22(30)23(31)25-15-6-4-7-16(12-15)27-11-5-10-21(27)29/h2-4,6-9,12,14,20,28H,5,10-11,13H2,1H3,(H,24,30)(H,25,31)/t20-/m1/s1. The van der Waals surface area contributed by atoms with Crippen LogP contribution in [0.4, 0.5) is 11.4 Å². The van der Waals surface area contributed by atoms with Gasteiger partial charge in [-0.1, -0.05) is 24.3 Å². The molecule has 2 heterocycles. The Hall–Kier alpha value is -3.65. The zero-order valence-electron chi connectivity index (χ0n) is 17.2. The van der Waals surface area contributed by atoms with Crippen LogP contribution in [0.2, 0.25) is 0 Å². The molecule has 0 aliphatic carbocycles. The average molecular weight is 420 g/mol.